The van der Waals surface area contributed by atoms with Gasteiger partial charge in [0, 0.05) is 31.2 Å². The molecular weight excluding hydrogens is 412 g/mol. The van der Waals surface area contributed by atoms with Crippen molar-refractivity contribution in [3.63, 3.8) is 0 Å². The summed E-state index contributed by atoms with van der Waals surface area (Å²) in [6, 6.07) is 8.33. The summed E-state index contributed by atoms with van der Waals surface area (Å²) < 4.78 is 15.8. The highest BCUT2D eigenvalue weighted by Gasteiger charge is 2.27. The maximum Gasteiger partial charge on any atom is 0.347 e. The molecule has 30 heavy (non-hydrogen) atoms. The van der Waals surface area contributed by atoms with Crippen LogP contribution < -0.4 is 4.74 Å². The van der Waals surface area contributed by atoms with Gasteiger partial charge < -0.3 is 23.7 Å². The van der Waals surface area contributed by atoms with E-state index < -0.39 is 12.1 Å². The molecule has 1 fully saturated rings. The average Bonchev–Trinajstić information content (AvgIpc) is 3.28. The predicted octanol–water partition coefficient (Wildman–Crippen LogP) is 2.54. The summed E-state index contributed by atoms with van der Waals surface area (Å²) in [4.78, 5) is 40.0. The lowest BCUT2D eigenvalue weighted by Gasteiger charge is -2.34. The molecule has 0 spiro atoms. The second-order valence-corrected chi connectivity index (χ2v) is 7.36. The van der Waals surface area contributed by atoms with Gasteiger partial charge in [-0.05, 0) is 49.7 Å². The zero-order valence-electron chi connectivity index (χ0n) is 16.8. The van der Waals surface area contributed by atoms with Crippen LogP contribution in [0.3, 0.4) is 0 Å². The number of rotatable bonds is 6. The van der Waals surface area contributed by atoms with Gasteiger partial charge in [0.2, 0.25) is 0 Å². The highest BCUT2D eigenvalue weighted by molar-refractivity contribution is 6.30. The van der Waals surface area contributed by atoms with Crippen LogP contribution in [-0.2, 0) is 14.3 Å². The van der Waals surface area contributed by atoms with E-state index in [0.717, 1.165) is 5.56 Å². The third kappa shape index (κ3) is 5.33. The van der Waals surface area contributed by atoms with Gasteiger partial charge in [-0.3, -0.25) is 9.59 Å². The molecule has 2 heterocycles. The van der Waals surface area contributed by atoms with Crippen LogP contribution >= 0.6 is 11.6 Å². The molecular formula is C21H23ClN2O6. The molecule has 0 N–H and O–H groups in total. The van der Waals surface area contributed by atoms with Crippen molar-refractivity contribution >= 4 is 29.4 Å². The molecule has 0 radical (unpaired) electrons. The van der Waals surface area contributed by atoms with Gasteiger partial charge >= 0.3 is 5.97 Å². The van der Waals surface area contributed by atoms with E-state index in [-0.39, 0.29) is 24.2 Å². The first-order valence-corrected chi connectivity index (χ1v) is 9.93. The molecule has 1 unspecified atom stereocenters. The second kappa shape index (κ2) is 9.67. The number of halogens is 1. The highest BCUT2D eigenvalue weighted by Crippen LogP contribution is 2.23. The zero-order chi connectivity index (χ0) is 21.7. The van der Waals surface area contributed by atoms with E-state index in [9.17, 15) is 14.4 Å². The van der Waals surface area contributed by atoms with Gasteiger partial charge in [0.15, 0.2) is 18.5 Å². The minimum absolute atomic E-state index is 0.206. The van der Waals surface area contributed by atoms with Crippen molar-refractivity contribution in [2.75, 3.05) is 32.8 Å². The van der Waals surface area contributed by atoms with Crippen molar-refractivity contribution < 1.29 is 28.3 Å². The molecule has 0 aliphatic carbocycles. The number of benzene rings is 1. The average molecular weight is 435 g/mol. The predicted molar refractivity (Wildman–Crippen MR) is 108 cm³/mol. The van der Waals surface area contributed by atoms with Crippen LogP contribution in [0, 0.1) is 6.92 Å². The van der Waals surface area contributed by atoms with Crippen LogP contribution in [0.1, 0.15) is 23.0 Å². The number of aryl methyl sites for hydroxylation is 1. The fourth-order valence-corrected chi connectivity index (χ4v) is 3.27. The molecule has 3 rings (SSSR count). The van der Waals surface area contributed by atoms with Crippen LogP contribution in [0.2, 0.25) is 5.02 Å². The summed E-state index contributed by atoms with van der Waals surface area (Å²) in [5, 5.41) is 0.576. The van der Waals surface area contributed by atoms with Crippen molar-refractivity contribution in [1.29, 1.82) is 0 Å². The Morgan fingerprint density at radius 3 is 2.47 bits per heavy atom. The van der Waals surface area contributed by atoms with Gasteiger partial charge in [0.05, 0.1) is 6.26 Å². The quantitative estimate of drug-likeness (QED) is 0.649. The zero-order valence-corrected chi connectivity index (χ0v) is 17.6. The van der Waals surface area contributed by atoms with Gasteiger partial charge in [0.25, 0.3) is 11.8 Å². The lowest BCUT2D eigenvalue weighted by molar-refractivity contribution is -0.157. The number of carbonyl (C=O) groups excluding carboxylic acids is 3. The van der Waals surface area contributed by atoms with Gasteiger partial charge in [-0.25, -0.2) is 4.79 Å². The van der Waals surface area contributed by atoms with Gasteiger partial charge in [-0.15, -0.1) is 0 Å². The maximum absolute atomic E-state index is 12.4. The standard InChI is InChI=1S/C21H23ClN2O6/c1-14-12-16(22)5-6-17(14)30-15(2)21(27)29-13-19(25)23-7-9-24(10-8-23)20(26)18-4-3-11-28-18/h3-6,11-12,15H,7-10,13H2,1-2H3. The molecule has 8 nitrogen and oxygen atoms in total. The third-order valence-electron chi connectivity index (χ3n) is 4.76. The largest absolute Gasteiger partial charge is 0.479 e. The normalized spacial score (nSPS) is 14.9. The fourth-order valence-electron chi connectivity index (χ4n) is 3.04. The summed E-state index contributed by atoms with van der Waals surface area (Å²) in [6.07, 6.45) is 0.570. The molecule has 1 saturated heterocycles. The topological polar surface area (TPSA) is 89.3 Å². The van der Waals surface area contributed by atoms with Crippen LogP contribution in [0.15, 0.2) is 41.0 Å². The van der Waals surface area contributed by atoms with Crippen LogP contribution in [-0.4, -0.2) is 66.5 Å². The Bertz CT molecular complexity index is 906. The summed E-state index contributed by atoms with van der Waals surface area (Å²) in [7, 11) is 0. The number of carbonyl (C=O) groups is 3. The number of piperazine rings is 1. The van der Waals surface area contributed by atoms with E-state index in [1.807, 2.05) is 6.92 Å². The number of hydrogen-bond acceptors (Lipinski definition) is 6. The first kappa shape index (κ1) is 21.7. The Kier molecular flexibility index (Phi) is 6.99. The van der Waals surface area contributed by atoms with Gasteiger partial charge in [-0.1, -0.05) is 11.6 Å². The highest BCUT2D eigenvalue weighted by atomic mass is 35.5. The molecule has 2 aromatic rings. The summed E-state index contributed by atoms with van der Waals surface area (Å²) in [5.41, 5.74) is 0.792. The minimum Gasteiger partial charge on any atom is -0.479 e. The smallest absolute Gasteiger partial charge is 0.347 e. The van der Waals surface area contributed by atoms with Gasteiger partial charge in [-0.2, -0.15) is 0 Å². The van der Waals surface area contributed by atoms with Crippen molar-refractivity contribution in [3.8, 4) is 5.75 Å². The SMILES string of the molecule is Cc1cc(Cl)ccc1OC(C)C(=O)OCC(=O)N1CCN(C(=O)c2ccco2)CC1. The third-order valence-corrected chi connectivity index (χ3v) is 5.00. The van der Waals surface area contributed by atoms with E-state index in [1.165, 1.54) is 6.26 Å². The summed E-state index contributed by atoms with van der Waals surface area (Å²) in [5.74, 6) is -0.365. The number of amides is 2. The molecule has 160 valence electrons. The molecule has 1 aromatic carbocycles. The Balaban J connectivity index is 1.43. The molecule has 0 bridgehead atoms. The number of hydrogen-bond donors (Lipinski definition) is 0. The Labute approximate surface area is 179 Å². The number of nitrogens with zero attached hydrogens (tertiary/aromatic N) is 2. The Hall–Kier alpha value is -3.00. The molecule has 1 aromatic heterocycles. The molecule has 0 saturated carbocycles. The van der Waals surface area contributed by atoms with E-state index in [2.05, 4.69) is 0 Å². The van der Waals surface area contributed by atoms with Crippen molar-refractivity contribution in [2.24, 2.45) is 0 Å². The molecule has 2 amide bonds. The Morgan fingerprint density at radius 2 is 1.83 bits per heavy atom. The van der Waals surface area contributed by atoms with E-state index in [0.29, 0.717) is 37.0 Å². The van der Waals surface area contributed by atoms with Crippen LogP contribution in [0.4, 0.5) is 0 Å². The van der Waals surface area contributed by atoms with Crippen molar-refractivity contribution in [1.82, 2.24) is 9.80 Å². The number of ether oxygens (including phenoxy) is 2. The van der Waals surface area contributed by atoms with E-state index >= 15 is 0 Å². The van der Waals surface area contributed by atoms with Crippen LogP contribution in [0.5, 0.6) is 5.75 Å². The summed E-state index contributed by atoms with van der Waals surface area (Å²) in [6.45, 7) is 4.48. The molecule has 9 heteroatoms. The van der Waals surface area contributed by atoms with E-state index in [1.54, 1.807) is 47.1 Å². The molecule has 1 aliphatic heterocycles. The first-order chi connectivity index (χ1) is 14.3. The Morgan fingerprint density at radius 1 is 1.13 bits per heavy atom. The fraction of sp³-hybridized carbons (Fsp3) is 0.381. The molecule has 1 atom stereocenters. The number of furan rings is 1. The lowest BCUT2D eigenvalue weighted by Crippen LogP contribution is -2.51. The van der Waals surface area contributed by atoms with Gasteiger partial charge in [0.1, 0.15) is 5.75 Å². The monoisotopic (exact) mass is 434 g/mol. The maximum atomic E-state index is 12.4. The van der Waals surface area contributed by atoms with Crippen LogP contribution in [0.25, 0.3) is 0 Å². The second-order valence-electron chi connectivity index (χ2n) is 6.93. The van der Waals surface area contributed by atoms with E-state index in [4.69, 9.17) is 25.5 Å². The molecule has 1 aliphatic rings. The minimum atomic E-state index is -0.875. The van der Waals surface area contributed by atoms with Crippen molar-refractivity contribution in [3.05, 3.63) is 52.9 Å². The first-order valence-electron chi connectivity index (χ1n) is 9.55. The summed E-state index contributed by atoms with van der Waals surface area (Å²) >= 11 is 5.91. The van der Waals surface area contributed by atoms with Crippen molar-refractivity contribution in [2.45, 2.75) is 20.0 Å². The number of esters is 1. The lowest BCUT2D eigenvalue weighted by atomic mass is 10.2.